The Morgan fingerprint density at radius 3 is 2.59 bits per heavy atom. The molecule has 0 radical (unpaired) electrons. The molecule has 1 aromatic heterocycles. The molecule has 0 aliphatic rings. The molecule has 0 amide bonds. The fourth-order valence-corrected chi connectivity index (χ4v) is 1.83. The van der Waals surface area contributed by atoms with E-state index in [2.05, 4.69) is 22.5 Å². The van der Waals surface area contributed by atoms with Gasteiger partial charge in [0, 0.05) is 12.2 Å². The van der Waals surface area contributed by atoms with Crippen LogP contribution in [0.3, 0.4) is 0 Å². The van der Waals surface area contributed by atoms with E-state index < -0.39 is 0 Å². The molecule has 0 N–H and O–H groups in total. The Kier molecular flexibility index (Phi) is 2.97. The highest BCUT2D eigenvalue weighted by atomic mass is 15.0. The minimum Gasteiger partial charge on any atom is -0.330 e. The summed E-state index contributed by atoms with van der Waals surface area (Å²) in [5.41, 5.74) is 5.34. The van der Waals surface area contributed by atoms with Gasteiger partial charge in [-0.3, -0.25) is 0 Å². The zero-order valence-corrected chi connectivity index (χ0v) is 10.4. The van der Waals surface area contributed by atoms with Crippen LogP contribution in [0.25, 0.3) is 0 Å². The highest BCUT2D eigenvalue weighted by Crippen LogP contribution is 2.14. The molecular formula is C14H15N3. The molecule has 0 aliphatic heterocycles. The second-order valence-electron chi connectivity index (χ2n) is 4.30. The number of aromatic nitrogens is 2. The van der Waals surface area contributed by atoms with Crippen LogP contribution in [0.1, 0.15) is 28.1 Å². The average molecular weight is 225 g/mol. The maximum absolute atomic E-state index is 8.82. The van der Waals surface area contributed by atoms with Crippen molar-refractivity contribution in [1.29, 1.82) is 5.26 Å². The van der Waals surface area contributed by atoms with Crippen LogP contribution in [0.2, 0.25) is 0 Å². The Morgan fingerprint density at radius 1 is 1.29 bits per heavy atom. The summed E-state index contributed by atoms with van der Waals surface area (Å²) in [6, 6.07) is 7.96. The van der Waals surface area contributed by atoms with Crippen molar-refractivity contribution in [2.45, 2.75) is 27.3 Å². The minimum atomic E-state index is 0.713. The molecule has 0 aliphatic carbocycles. The van der Waals surface area contributed by atoms with E-state index >= 15 is 0 Å². The van der Waals surface area contributed by atoms with Crippen molar-refractivity contribution in [1.82, 2.24) is 9.55 Å². The monoisotopic (exact) mass is 225 g/mol. The lowest BCUT2D eigenvalue weighted by Gasteiger charge is -2.09. The van der Waals surface area contributed by atoms with Gasteiger partial charge >= 0.3 is 0 Å². The Bertz CT molecular complexity index is 588. The molecule has 86 valence electrons. The number of nitriles is 1. The molecule has 17 heavy (non-hydrogen) atoms. The second kappa shape index (κ2) is 4.42. The van der Waals surface area contributed by atoms with Crippen molar-refractivity contribution in [2.24, 2.45) is 0 Å². The van der Waals surface area contributed by atoms with Crippen LogP contribution >= 0.6 is 0 Å². The minimum absolute atomic E-state index is 0.713. The van der Waals surface area contributed by atoms with Crippen molar-refractivity contribution in [2.75, 3.05) is 0 Å². The summed E-state index contributed by atoms with van der Waals surface area (Å²) >= 11 is 0. The second-order valence-corrected chi connectivity index (χ2v) is 4.30. The lowest BCUT2D eigenvalue weighted by Crippen LogP contribution is -2.02. The van der Waals surface area contributed by atoms with E-state index in [9.17, 15) is 0 Å². The first-order chi connectivity index (χ1) is 8.11. The van der Waals surface area contributed by atoms with Crippen LogP contribution in [-0.2, 0) is 6.54 Å². The van der Waals surface area contributed by atoms with Gasteiger partial charge in [0.25, 0.3) is 0 Å². The molecule has 2 aromatic rings. The quantitative estimate of drug-likeness (QED) is 0.788. The predicted molar refractivity (Wildman–Crippen MR) is 66.7 cm³/mol. The van der Waals surface area contributed by atoms with Crippen LogP contribution in [0.15, 0.2) is 24.5 Å². The van der Waals surface area contributed by atoms with Gasteiger partial charge in [-0.2, -0.15) is 5.26 Å². The highest BCUT2D eigenvalue weighted by Gasteiger charge is 2.05. The Hall–Kier alpha value is -2.08. The smallest absolute Gasteiger partial charge is 0.0991 e. The van der Waals surface area contributed by atoms with Gasteiger partial charge in [-0.1, -0.05) is 6.07 Å². The highest BCUT2D eigenvalue weighted by molar-refractivity contribution is 5.37. The number of hydrogen-bond acceptors (Lipinski definition) is 2. The molecular weight excluding hydrogens is 210 g/mol. The van der Waals surface area contributed by atoms with Gasteiger partial charge in [0.1, 0.15) is 0 Å². The third-order valence-electron chi connectivity index (χ3n) is 3.16. The first kappa shape index (κ1) is 11.4. The zero-order chi connectivity index (χ0) is 12.4. The topological polar surface area (TPSA) is 41.6 Å². The summed E-state index contributed by atoms with van der Waals surface area (Å²) in [7, 11) is 0. The molecule has 0 spiro atoms. The van der Waals surface area contributed by atoms with Gasteiger partial charge in [-0.25, -0.2) is 4.98 Å². The Balaban J connectivity index is 2.31. The summed E-state index contributed by atoms with van der Waals surface area (Å²) in [4.78, 5) is 4.29. The standard InChI is InChI=1S/C14H15N3/c1-10-6-13(7-15)4-5-14(10)8-17-9-16-11(2)12(17)3/h4-6,9H,8H2,1-3H3. The zero-order valence-electron chi connectivity index (χ0n) is 10.4. The van der Waals surface area contributed by atoms with E-state index in [0.717, 1.165) is 17.8 Å². The fourth-order valence-electron chi connectivity index (χ4n) is 1.83. The van der Waals surface area contributed by atoms with Crippen LogP contribution in [-0.4, -0.2) is 9.55 Å². The number of aryl methyl sites for hydroxylation is 2. The lowest BCUT2D eigenvalue weighted by atomic mass is 10.1. The number of nitrogens with zero attached hydrogens (tertiary/aromatic N) is 3. The van der Waals surface area contributed by atoms with Crippen LogP contribution < -0.4 is 0 Å². The predicted octanol–water partition coefficient (Wildman–Crippen LogP) is 2.73. The van der Waals surface area contributed by atoms with Gasteiger partial charge in [0.05, 0.1) is 23.7 Å². The first-order valence-corrected chi connectivity index (χ1v) is 5.60. The van der Waals surface area contributed by atoms with Crippen LogP contribution in [0.5, 0.6) is 0 Å². The van der Waals surface area contributed by atoms with Crippen molar-refractivity contribution in [3.63, 3.8) is 0 Å². The van der Waals surface area contributed by atoms with Gasteiger partial charge in [-0.15, -0.1) is 0 Å². The maximum atomic E-state index is 8.82. The first-order valence-electron chi connectivity index (χ1n) is 5.60. The maximum Gasteiger partial charge on any atom is 0.0991 e. The fraction of sp³-hybridized carbons (Fsp3) is 0.286. The summed E-state index contributed by atoms with van der Waals surface area (Å²) in [6.07, 6.45) is 1.86. The van der Waals surface area contributed by atoms with E-state index in [1.807, 2.05) is 38.4 Å². The number of rotatable bonds is 2. The van der Waals surface area contributed by atoms with Gasteiger partial charge in [0.2, 0.25) is 0 Å². The molecule has 0 saturated carbocycles. The van der Waals surface area contributed by atoms with Crippen molar-refractivity contribution in [3.8, 4) is 6.07 Å². The molecule has 0 saturated heterocycles. The van der Waals surface area contributed by atoms with Crippen molar-refractivity contribution in [3.05, 3.63) is 52.6 Å². The van der Waals surface area contributed by atoms with Crippen LogP contribution in [0.4, 0.5) is 0 Å². The van der Waals surface area contributed by atoms with Gasteiger partial charge in [-0.05, 0) is 44.0 Å². The molecule has 0 atom stereocenters. The summed E-state index contributed by atoms with van der Waals surface area (Å²) in [5.74, 6) is 0. The molecule has 0 unspecified atom stereocenters. The number of hydrogen-bond donors (Lipinski definition) is 0. The van der Waals surface area contributed by atoms with Crippen molar-refractivity contribution < 1.29 is 0 Å². The van der Waals surface area contributed by atoms with E-state index in [1.165, 1.54) is 11.3 Å². The van der Waals surface area contributed by atoms with E-state index in [-0.39, 0.29) is 0 Å². The average Bonchev–Trinajstić information content (AvgIpc) is 2.63. The van der Waals surface area contributed by atoms with Gasteiger partial charge < -0.3 is 4.57 Å². The number of benzene rings is 1. The van der Waals surface area contributed by atoms with E-state index in [4.69, 9.17) is 5.26 Å². The molecule has 1 heterocycles. The lowest BCUT2D eigenvalue weighted by molar-refractivity contribution is 0.764. The summed E-state index contributed by atoms with van der Waals surface area (Å²) < 4.78 is 2.13. The van der Waals surface area contributed by atoms with E-state index in [0.29, 0.717) is 5.56 Å². The molecule has 0 fully saturated rings. The van der Waals surface area contributed by atoms with Gasteiger partial charge in [0.15, 0.2) is 0 Å². The van der Waals surface area contributed by atoms with Crippen molar-refractivity contribution >= 4 is 0 Å². The van der Waals surface area contributed by atoms with E-state index in [1.54, 1.807) is 0 Å². The SMILES string of the molecule is Cc1cc(C#N)ccc1Cn1cnc(C)c1C. The molecule has 3 heteroatoms. The molecule has 3 nitrogen and oxygen atoms in total. The Labute approximate surface area is 101 Å². The molecule has 2 rings (SSSR count). The summed E-state index contributed by atoms with van der Waals surface area (Å²) in [6.45, 7) is 6.93. The molecule has 1 aromatic carbocycles. The largest absolute Gasteiger partial charge is 0.330 e. The third kappa shape index (κ3) is 2.21. The molecule has 0 bridgehead atoms. The Morgan fingerprint density at radius 2 is 2.06 bits per heavy atom. The third-order valence-corrected chi connectivity index (χ3v) is 3.16. The normalized spacial score (nSPS) is 10.2. The number of imidazole rings is 1. The summed E-state index contributed by atoms with van der Waals surface area (Å²) in [5, 5.41) is 8.82. The van der Waals surface area contributed by atoms with Crippen LogP contribution in [0, 0.1) is 32.1 Å².